The van der Waals surface area contributed by atoms with Crippen molar-refractivity contribution >= 4 is 29.5 Å². The number of ether oxygens (including phenoxy) is 1. The van der Waals surface area contributed by atoms with Crippen LogP contribution in [0.15, 0.2) is 24.3 Å². The van der Waals surface area contributed by atoms with E-state index in [4.69, 9.17) is 4.74 Å². The molecule has 10 heteroatoms. The van der Waals surface area contributed by atoms with E-state index in [2.05, 4.69) is 25.9 Å². The Bertz CT molecular complexity index is 1010. The molecular weight excluding hydrogens is 415 g/mol. The lowest BCUT2D eigenvalue weighted by Gasteiger charge is -2.24. The van der Waals surface area contributed by atoms with Crippen molar-refractivity contribution in [3.05, 3.63) is 41.3 Å². The highest BCUT2D eigenvalue weighted by atomic mass is 19.1. The van der Waals surface area contributed by atoms with Gasteiger partial charge >= 0.3 is 6.09 Å². The number of carbonyl (C=O) groups excluding carboxylic acids is 2. The van der Waals surface area contributed by atoms with Gasteiger partial charge in [0.05, 0.1) is 0 Å². The molecule has 1 saturated heterocycles. The summed E-state index contributed by atoms with van der Waals surface area (Å²) < 4.78 is 19.6. The zero-order valence-electron chi connectivity index (χ0n) is 19.0. The molecule has 3 N–H and O–H groups in total. The zero-order chi connectivity index (χ0) is 23.5. The third kappa shape index (κ3) is 6.05. The highest BCUT2D eigenvalue weighted by Gasteiger charge is 2.30. The summed E-state index contributed by atoms with van der Waals surface area (Å²) in [4.78, 5) is 33.9. The number of hydrogen-bond donors (Lipinski definition) is 3. The molecule has 0 aliphatic carbocycles. The van der Waals surface area contributed by atoms with Crippen LogP contribution in [0.4, 0.5) is 26.6 Å². The standard InChI is InChI=1S/C22H29FN6O3/c1-13-6-7-14(19(30)24-5)10-16(13)26-18-11-17(23)27-20(28-18)25-15-8-9-29(12-15)21(31)32-22(2,3)4/h6-7,10-11,15H,8-9,12H2,1-5H3,(H,24,30)(H2,25,26,27,28). The number of rotatable bonds is 5. The molecule has 0 radical (unpaired) electrons. The molecule has 2 heterocycles. The molecular formula is C22H29FN6O3. The molecule has 32 heavy (non-hydrogen) atoms. The summed E-state index contributed by atoms with van der Waals surface area (Å²) >= 11 is 0. The number of nitrogens with zero attached hydrogens (tertiary/aromatic N) is 3. The summed E-state index contributed by atoms with van der Waals surface area (Å²) in [6.45, 7) is 8.26. The van der Waals surface area contributed by atoms with E-state index < -0.39 is 11.5 Å². The minimum atomic E-state index is -0.702. The van der Waals surface area contributed by atoms with Gasteiger partial charge in [0.2, 0.25) is 11.9 Å². The summed E-state index contributed by atoms with van der Waals surface area (Å²) in [7, 11) is 1.56. The first kappa shape index (κ1) is 23.2. The molecule has 1 aromatic carbocycles. The molecule has 0 bridgehead atoms. The normalized spacial score (nSPS) is 15.9. The first-order valence-electron chi connectivity index (χ1n) is 10.4. The molecule has 172 valence electrons. The van der Waals surface area contributed by atoms with Gasteiger partial charge in [0.25, 0.3) is 5.91 Å². The van der Waals surface area contributed by atoms with Crippen LogP contribution < -0.4 is 16.0 Å². The van der Waals surface area contributed by atoms with Crippen molar-refractivity contribution in [2.75, 3.05) is 30.8 Å². The number of carbonyl (C=O) groups is 2. The Morgan fingerprint density at radius 3 is 2.66 bits per heavy atom. The van der Waals surface area contributed by atoms with Crippen molar-refractivity contribution in [2.24, 2.45) is 0 Å². The largest absolute Gasteiger partial charge is 0.444 e. The Balaban J connectivity index is 1.69. The molecule has 3 rings (SSSR count). The molecule has 1 atom stereocenters. The molecule has 1 aromatic heterocycles. The Morgan fingerprint density at radius 2 is 1.97 bits per heavy atom. The van der Waals surface area contributed by atoms with Gasteiger partial charge in [-0.25, -0.2) is 4.79 Å². The van der Waals surface area contributed by atoms with Crippen LogP contribution in [0.3, 0.4) is 0 Å². The molecule has 0 saturated carbocycles. The lowest BCUT2D eigenvalue weighted by atomic mass is 10.1. The van der Waals surface area contributed by atoms with Gasteiger partial charge in [-0.2, -0.15) is 14.4 Å². The van der Waals surface area contributed by atoms with Crippen molar-refractivity contribution < 1.29 is 18.7 Å². The first-order chi connectivity index (χ1) is 15.0. The van der Waals surface area contributed by atoms with E-state index in [0.717, 1.165) is 5.56 Å². The third-order valence-corrected chi connectivity index (χ3v) is 4.86. The Hall–Kier alpha value is -3.43. The summed E-state index contributed by atoms with van der Waals surface area (Å²) in [6.07, 6.45) is 0.283. The van der Waals surface area contributed by atoms with Gasteiger partial charge in [-0.05, 0) is 51.8 Å². The second-order valence-electron chi connectivity index (χ2n) is 8.69. The van der Waals surface area contributed by atoms with Gasteiger partial charge in [-0.3, -0.25) is 4.79 Å². The van der Waals surface area contributed by atoms with Gasteiger partial charge in [0.1, 0.15) is 11.4 Å². The van der Waals surface area contributed by atoms with E-state index in [0.29, 0.717) is 30.8 Å². The lowest BCUT2D eigenvalue weighted by molar-refractivity contribution is 0.0293. The smallest absolute Gasteiger partial charge is 0.410 e. The number of halogens is 1. The number of nitrogens with one attached hydrogen (secondary N) is 3. The molecule has 2 aromatic rings. The topological polar surface area (TPSA) is 108 Å². The van der Waals surface area contributed by atoms with Crippen molar-refractivity contribution in [3.8, 4) is 0 Å². The van der Waals surface area contributed by atoms with Crippen LogP contribution in [0, 0.1) is 12.9 Å². The fraction of sp³-hybridized carbons (Fsp3) is 0.455. The van der Waals surface area contributed by atoms with Crippen molar-refractivity contribution in [1.82, 2.24) is 20.2 Å². The molecule has 0 spiro atoms. The molecule has 1 aliphatic heterocycles. The summed E-state index contributed by atoms with van der Waals surface area (Å²) in [5, 5.41) is 8.72. The van der Waals surface area contributed by atoms with E-state index in [-0.39, 0.29) is 29.8 Å². The first-order valence-corrected chi connectivity index (χ1v) is 10.4. The third-order valence-electron chi connectivity index (χ3n) is 4.86. The van der Waals surface area contributed by atoms with Gasteiger partial charge in [-0.15, -0.1) is 0 Å². The quantitative estimate of drug-likeness (QED) is 0.606. The monoisotopic (exact) mass is 444 g/mol. The van der Waals surface area contributed by atoms with Crippen molar-refractivity contribution in [3.63, 3.8) is 0 Å². The number of likely N-dealkylation sites (tertiary alicyclic amines) is 1. The highest BCUT2D eigenvalue weighted by molar-refractivity contribution is 5.95. The van der Waals surface area contributed by atoms with Gasteiger partial charge in [0, 0.05) is 43.5 Å². The van der Waals surface area contributed by atoms with E-state index in [9.17, 15) is 14.0 Å². The fourth-order valence-electron chi connectivity index (χ4n) is 3.28. The maximum absolute atomic E-state index is 14.2. The molecule has 1 fully saturated rings. The molecule has 2 amide bonds. The van der Waals surface area contributed by atoms with Gasteiger partial charge in [-0.1, -0.05) is 6.07 Å². The van der Waals surface area contributed by atoms with Crippen LogP contribution in [-0.2, 0) is 4.74 Å². The highest BCUT2D eigenvalue weighted by Crippen LogP contribution is 2.23. The Kier molecular flexibility index (Phi) is 6.81. The zero-order valence-corrected chi connectivity index (χ0v) is 19.0. The van der Waals surface area contributed by atoms with Gasteiger partial charge < -0.3 is 25.6 Å². The Morgan fingerprint density at radius 1 is 1.22 bits per heavy atom. The predicted molar refractivity (Wildman–Crippen MR) is 120 cm³/mol. The van der Waals surface area contributed by atoms with Crippen LogP contribution in [-0.4, -0.2) is 58.6 Å². The van der Waals surface area contributed by atoms with E-state index in [1.54, 1.807) is 30.1 Å². The van der Waals surface area contributed by atoms with E-state index >= 15 is 0 Å². The van der Waals surface area contributed by atoms with Crippen LogP contribution in [0.1, 0.15) is 43.1 Å². The molecule has 1 unspecified atom stereocenters. The Labute approximate surface area is 186 Å². The average molecular weight is 445 g/mol. The number of aryl methyl sites for hydroxylation is 1. The lowest BCUT2D eigenvalue weighted by Crippen LogP contribution is -2.36. The van der Waals surface area contributed by atoms with Crippen molar-refractivity contribution in [1.29, 1.82) is 0 Å². The minimum absolute atomic E-state index is 0.114. The fourth-order valence-corrected chi connectivity index (χ4v) is 3.28. The molecule has 9 nitrogen and oxygen atoms in total. The van der Waals surface area contributed by atoms with E-state index in [1.807, 2.05) is 27.7 Å². The number of benzene rings is 1. The maximum atomic E-state index is 14.2. The predicted octanol–water partition coefficient (Wildman–Crippen LogP) is 3.45. The summed E-state index contributed by atoms with van der Waals surface area (Å²) in [5.74, 6) is -0.560. The summed E-state index contributed by atoms with van der Waals surface area (Å²) in [5.41, 5.74) is 1.41. The van der Waals surface area contributed by atoms with Crippen LogP contribution >= 0.6 is 0 Å². The number of amides is 2. The SMILES string of the molecule is CNC(=O)c1ccc(C)c(Nc2cc(F)nc(NC3CCN(C(=O)OC(C)(C)C)C3)n2)c1. The van der Waals surface area contributed by atoms with Crippen molar-refractivity contribution in [2.45, 2.75) is 45.8 Å². The van der Waals surface area contributed by atoms with Gasteiger partial charge in [0.15, 0.2) is 0 Å². The molecule has 1 aliphatic rings. The second-order valence-corrected chi connectivity index (χ2v) is 8.69. The van der Waals surface area contributed by atoms with Crippen LogP contribution in [0.5, 0.6) is 0 Å². The maximum Gasteiger partial charge on any atom is 0.410 e. The minimum Gasteiger partial charge on any atom is -0.444 e. The number of hydrogen-bond acceptors (Lipinski definition) is 7. The second kappa shape index (κ2) is 9.37. The number of anilines is 3. The van der Waals surface area contributed by atoms with E-state index in [1.165, 1.54) is 6.07 Å². The number of aromatic nitrogens is 2. The van der Waals surface area contributed by atoms with Crippen LogP contribution in [0.2, 0.25) is 0 Å². The average Bonchev–Trinajstić information content (AvgIpc) is 3.16. The summed E-state index contributed by atoms with van der Waals surface area (Å²) in [6, 6.07) is 6.24. The van der Waals surface area contributed by atoms with Crippen LogP contribution in [0.25, 0.3) is 0 Å².